The second kappa shape index (κ2) is 6.64. The summed E-state index contributed by atoms with van der Waals surface area (Å²) in [4.78, 5) is 20.7. The van der Waals surface area contributed by atoms with Crippen molar-refractivity contribution in [2.24, 2.45) is 4.99 Å². The zero-order chi connectivity index (χ0) is 15.4. The van der Waals surface area contributed by atoms with Crippen molar-refractivity contribution in [2.75, 3.05) is 20.6 Å². The monoisotopic (exact) mass is 310 g/mol. The molecule has 112 valence electrons. The van der Waals surface area contributed by atoms with Gasteiger partial charge < -0.3 is 9.64 Å². The molecule has 0 N–H and O–H groups in total. The molecule has 1 aromatic heterocycles. The highest BCUT2D eigenvalue weighted by atomic mass is 35.5. The highest BCUT2D eigenvalue weighted by molar-refractivity contribution is 6.22. The maximum Gasteiger partial charge on any atom is 0.328 e. The molecule has 0 amide bonds. The number of dihydropyridines is 1. The molecule has 8 heteroatoms. The Balaban J connectivity index is 2.25. The van der Waals surface area contributed by atoms with E-state index in [1.807, 2.05) is 19.0 Å². The van der Waals surface area contributed by atoms with Crippen molar-refractivity contribution >= 4 is 17.5 Å². The Morgan fingerprint density at radius 2 is 2.33 bits per heavy atom. The SMILES string of the molecule is CN(C)Cc1ncccc1OC1=NCC(Cl)C=C1[N+](=O)[O-]. The van der Waals surface area contributed by atoms with Crippen molar-refractivity contribution in [2.45, 2.75) is 11.9 Å². The summed E-state index contributed by atoms with van der Waals surface area (Å²) in [6, 6.07) is 3.41. The van der Waals surface area contributed by atoms with Crippen molar-refractivity contribution in [3.8, 4) is 5.75 Å². The Kier molecular flexibility index (Phi) is 4.87. The second-order valence-electron chi connectivity index (χ2n) is 4.76. The number of halogens is 1. The second-order valence-corrected chi connectivity index (χ2v) is 5.32. The number of hydrogen-bond acceptors (Lipinski definition) is 6. The van der Waals surface area contributed by atoms with Crippen LogP contribution in [0.15, 0.2) is 35.1 Å². The molecule has 0 radical (unpaired) electrons. The first kappa shape index (κ1) is 15.4. The molecule has 7 nitrogen and oxygen atoms in total. The lowest BCUT2D eigenvalue weighted by Gasteiger charge is -2.16. The van der Waals surface area contributed by atoms with E-state index in [-0.39, 0.29) is 18.1 Å². The average Bonchev–Trinajstić information content (AvgIpc) is 2.42. The summed E-state index contributed by atoms with van der Waals surface area (Å²) in [5.74, 6) is 0.413. The Labute approximate surface area is 127 Å². The summed E-state index contributed by atoms with van der Waals surface area (Å²) in [5.41, 5.74) is 0.460. The van der Waals surface area contributed by atoms with Gasteiger partial charge in [-0.05, 0) is 26.2 Å². The third-order valence-corrected chi connectivity index (χ3v) is 2.95. The maximum atomic E-state index is 11.1. The van der Waals surface area contributed by atoms with Gasteiger partial charge in [-0.3, -0.25) is 15.1 Å². The zero-order valence-corrected chi connectivity index (χ0v) is 12.4. The van der Waals surface area contributed by atoms with Gasteiger partial charge in [-0.1, -0.05) is 0 Å². The highest BCUT2D eigenvalue weighted by Crippen LogP contribution is 2.21. The molecule has 0 aromatic carbocycles. The minimum absolute atomic E-state index is 0.0371. The Morgan fingerprint density at radius 1 is 1.57 bits per heavy atom. The van der Waals surface area contributed by atoms with Gasteiger partial charge >= 0.3 is 5.70 Å². The molecule has 0 bridgehead atoms. The average molecular weight is 311 g/mol. The van der Waals surface area contributed by atoms with E-state index < -0.39 is 10.3 Å². The molecule has 0 saturated heterocycles. The van der Waals surface area contributed by atoms with Gasteiger partial charge in [0.05, 0.1) is 22.5 Å². The number of hydrogen-bond donors (Lipinski definition) is 0. The number of ether oxygens (including phenoxy) is 1. The summed E-state index contributed by atoms with van der Waals surface area (Å²) in [7, 11) is 3.80. The molecule has 0 aliphatic carbocycles. The van der Waals surface area contributed by atoms with Gasteiger partial charge in [-0.25, -0.2) is 4.99 Å². The third-order valence-electron chi connectivity index (χ3n) is 2.68. The van der Waals surface area contributed by atoms with Crippen LogP contribution < -0.4 is 4.74 Å². The molecule has 21 heavy (non-hydrogen) atoms. The molecule has 0 saturated carbocycles. The molecule has 1 atom stereocenters. The minimum atomic E-state index is -0.546. The maximum absolute atomic E-state index is 11.1. The lowest BCUT2D eigenvalue weighted by molar-refractivity contribution is -0.416. The van der Waals surface area contributed by atoms with E-state index in [4.69, 9.17) is 16.3 Å². The summed E-state index contributed by atoms with van der Waals surface area (Å²) in [6.45, 7) is 0.802. The number of rotatable bonds is 4. The molecule has 0 spiro atoms. The molecule has 2 heterocycles. The van der Waals surface area contributed by atoms with E-state index in [0.29, 0.717) is 18.0 Å². The van der Waals surface area contributed by atoms with Gasteiger partial charge in [-0.15, -0.1) is 11.6 Å². The van der Waals surface area contributed by atoms with Gasteiger partial charge in [0.25, 0.3) is 5.90 Å². The Morgan fingerprint density at radius 3 is 3.00 bits per heavy atom. The molecule has 2 rings (SSSR count). The first-order valence-electron chi connectivity index (χ1n) is 6.29. The van der Waals surface area contributed by atoms with Crippen LogP contribution in [0.5, 0.6) is 5.75 Å². The van der Waals surface area contributed by atoms with Crippen LogP contribution in [0.25, 0.3) is 0 Å². The number of alkyl halides is 1. The molecular formula is C13H15ClN4O3. The van der Waals surface area contributed by atoms with E-state index in [1.165, 1.54) is 6.08 Å². The van der Waals surface area contributed by atoms with Crippen LogP contribution in [0.1, 0.15) is 5.69 Å². The Hall–Kier alpha value is -1.99. The fourth-order valence-electron chi connectivity index (χ4n) is 1.81. The predicted molar refractivity (Wildman–Crippen MR) is 79.3 cm³/mol. The van der Waals surface area contributed by atoms with Crippen LogP contribution in [0.3, 0.4) is 0 Å². The predicted octanol–water partition coefficient (Wildman–Crippen LogP) is 1.70. The first-order valence-corrected chi connectivity index (χ1v) is 6.72. The van der Waals surface area contributed by atoms with Crippen LogP contribution in [0, 0.1) is 10.1 Å². The number of nitrogens with zero attached hydrogens (tertiary/aromatic N) is 4. The quantitative estimate of drug-likeness (QED) is 0.480. The van der Waals surface area contributed by atoms with Crippen molar-refractivity contribution in [1.29, 1.82) is 0 Å². The van der Waals surface area contributed by atoms with E-state index in [0.717, 1.165) is 0 Å². The fraction of sp³-hybridized carbons (Fsp3) is 0.385. The summed E-state index contributed by atoms with van der Waals surface area (Å²) < 4.78 is 5.60. The van der Waals surface area contributed by atoms with Crippen LogP contribution in [0.4, 0.5) is 0 Å². The smallest absolute Gasteiger partial charge is 0.328 e. The normalized spacial score (nSPS) is 18.2. The van der Waals surface area contributed by atoms with E-state index in [2.05, 4.69) is 9.98 Å². The fourth-order valence-corrected chi connectivity index (χ4v) is 2.00. The van der Waals surface area contributed by atoms with Crippen LogP contribution in [0.2, 0.25) is 0 Å². The van der Waals surface area contributed by atoms with Crippen molar-refractivity contribution in [3.05, 3.63) is 45.9 Å². The van der Waals surface area contributed by atoms with Crippen LogP contribution in [-0.4, -0.2) is 46.7 Å². The molecule has 1 aliphatic heterocycles. The van der Waals surface area contributed by atoms with Gasteiger partial charge in [0.15, 0.2) is 5.75 Å². The topological polar surface area (TPSA) is 80.9 Å². The van der Waals surface area contributed by atoms with Crippen LogP contribution in [-0.2, 0) is 6.54 Å². The summed E-state index contributed by atoms with van der Waals surface area (Å²) in [5, 5.41) is 10.6. The number of aromatic nitrogens is 1. The highest BCUT2D eigenvalue weighted by Gasteiger charge is 2.28. The molecule has 1 unspecified atom stereocenters. The zero-order valence-electron chi connectivity index (χ0n) is 11.7. The number of nitro groups is 1. The third kappa shape index (κ3) is 3.99. The van der Waals surface area contributed by atoms with Gasteiger partial charge in [0.2, 0.25) is 0 Å². The van der Waals surface area contributed by atoms with Gasteiger partial charge in [0, 0.05) is 18.8 Å². The number of pyridine rings is 1. The van der Waals surface area contributed by atoms with E-state index in [9.17, 15) is 10.1 Å². The lowest BCUT2D eigenvalue weighted by atomic mass is 10.2. The minimum Gasteiger partial charge on any atom is -0.432 e. The molecule has 0 fully saturated rings. The molecule has 1 aromatic rings. The Bertz CT molecular complexity index is 601. The molecule has 1 aliphatic rings. The van der Waals surface area contributed by atoms with E-state index >= 15 is 0 Å². The summed E-state index contributed by atoms with van der Waals surface area (Å²) >= 11 is 5.86. The van der Waals surface area contributed by atoms with Gasteiger partial charge in [0.1, 0.15) is 0 Å². The largest absolute Gasteiger partial charge is 0.432 e. The van der Waals surface area contributed by atoms with Crippen molar-refractivity contribution in [3.63, 3.8) is 0 Å². The number of aliphatic imine (C=N–C) groups is 1. The first-order chi connectivity index (χ1) is 9.97. The molecular weight excluding hydrogens is 296 g/mol. The van der Waals surface area contributed by atoms with Crippen molar-refractivity contribution < 1.29 is 9.66 Å². The van der Waals surface area contributed by atoms with Gasteiger partial charge in [-0.2, -0.15) is 0 Å². The summed E-state index contributed by atoms with van der Waals surface area (Å²) in [6.07, 6.45) is 2.99. The standard InChI is InChI=1S/C13H15ClN4O3/c1-17(2)8-10-12(4-3-5-15-10)21-13-11(18(19)20)6-9(14)7-16-13/h3-6,9H,7-8H2,1-2H3. The van der Waals surface area contributed by atoms with Crippen molar-refractivity contribution in [1.82, 2.24) is 9.88 Å². The lowest BCUT2D eigenvalue weighted by Crippen LogP contribution is -2.25. The van der Waals surface area contributed by atoms with Crippen LogP contribution >= 0.6 is 11.6 Å². The van der Waals surface area contributed by atoms with E-state index in [1.54, 1.807) is 18.3 Å².